The van der Waals surface area contributed by atoms with E-state index in [9.17, 15) is 9.59 Å². The summed E-state index contributed by atoms with van der Waals surface area (Å²) in [6.07, 6.45) is 6.07. The molecule has 1 atom stereocenters. The Bertz CT molecular complexity index is 864. The Balaban J connectivity index is 1.50. The number of thioether (sulfide) groups is 1. The van der Waals surface area contributed by atoms with E-state index in [0.717, 1.165) is 18.5 Å². The number of carbonyl (C=O) groups is 2. The first kappa shape index (κ1) is 18.9. The molecule has 1 N–H and O–H groups in total. The second-order valence-corrected chi connectivity index (χ2v) is 8.31. The Kier molecular flexibility index (Phi) is 5.61. The van der Waals surface area contributed by atoms with Crippen LogP contribution in [0, 0.1) is 0 Å². The molecular weight excluding hydrogens is 376 g/mol. The molecule has 1 saturated carbocycles. The monoisotopic (exact) mass is 400 g/mol. The van der Waals surface area contributed by atoms with E-state index in [1.165, 1.54) is 31.0 Å². The molecule has 0 radical (unpaired) electrons. The summed E-state index contributed by atoms with van der Waals surface area (Å²) >= 11 is 1.36. The Labute approximate surface area is 168 Å². The van der Waals surface area contributed by atoms with Gasteiger partial charge in [-0.05, 0) is 42.3 Å². The van der Waals surface area contributed by atoms with Crippen molar-refractivity contribution in [3.63, 3.8) is 0 Å². The zero-order valence-electron chi connectivity index (χ0n) is 15.9. The van der Waals surface area contributed by atoms with E-state index >= 15 is 0 Å². The van der Waals surface area contributed by atoms with Gasteiger partial charge in [0, 0.05) is 12.5 Å². The van der Waals surface area contributed by atoms with Gasteiger partial charge >= 0.3 is 0 Å². The molecule has 0 saturated heterocycles. The van der Waals surface area contributed by atoms with E-state index in [0.29, 0.717) is 16.9 Å². The minimum Gasteiger partial charge on any atom is -0.324 e. The van der Waals surface area contributed by atoms with E-state index in [1.54, 1.807) is 4.90 Å². The number of fused-ring (bicyclic) bond motifs is 1. The number of para-hydroxylation sites is 2. The summed E-state index contributed by atoms with van der Waals surface area (Å²) in [5.41, 5.74) is 1.40. The van der Waals surface area contributed by atoms with Crippen LogP contribution in [-0.2, 0) is 9.59 Å². The van der Waals surface area contributed by atoms with Gasteiger partial charge in [0.25, 0.3) is 0 Å². The highest BCUT2D eigenvalue weighted by atomic mass is 32.2. The van der Waals surface area contributed by atoms with Crippen molar-refractivity contribution in [1.82, 2.24) is 20.2 Å². The fourth-order valence-corrected chi connectivity index (χ4v) is 4.80. The molecule has 2 aromatic rings. The third kappa shape index (κ3) is 3.89. The maximum absolute atomic E-state index is 13.1. The third-order valence-corrected chi connectivity index (χ3v) is 6.25. The average molecular weight is 401 g/mol. The van der Waals surface area contributed by atoms with Crippen molar-refractivity contribution in [3.05, 3.63) is 24.3 Å². The summed E-state index contributed by atoms with van der Waals surface area (Å²) in [4.78, 5) is 26.9. The first-order chi connectivity index (χ1) is 13.6. The summed E-state index contributed by atoms with van der Waals surface area (Å²) in [6, 6.07) is 7.52. The molecule has 1 aliphatic carbocycles. The van der Waals surface area contributed by atoms with Gasteiger partial charge in [-0.2, -0.15) is 0 Å². The largest absolute Gasteiger partial charge is 0.324 e. The van der Waals surface area contributed by atoms with Gasteiger partial charge in [0.2, 0.25) is 17.0 Å². The number of nitrogens with zero attached hydrogens (tertiary/aromatic N) is 5. The van der Waals surface area contributed by atoms with Gasteiger partial charge in [-0.15, -0.1) is 5.10 Å². The molecule has 0 bridgehead atoms. The van der Waals surface area contributed by atoms with Crippen molar-refractivity contribution >= 4 is 35.0 Å². The zero-order chi connectivity index (χ0) is 19.5. The highest BCUT2D eigenvalue weighted by molar-refractivity contribution is 7.99. The van der Waals surface area contributed by atoms with E-state index in [-0.39, 0.29) is 30.0 Å². The summed E-state index contributed by atoms with van der Waals surface area (Å²) in [5, 5.41) is 15.7. The van der Waals surface area contributed by atoms with Crippen molar-refractivity contribution < 1.29 is 9.59 Å². The molecule has 1 aliphatic heterocycles. The Morgan fingerprint density at radius 2 is 2.04 bits per heavy atom. The number of anilines is 2. The number of rotatable bonds is 4. The van der Waals surface area contributed by atoms with Crippen LogP contribution in [0.2, 0.25) is 0 Å². The molecule has 1 fully saturated rings. The second-order valence-electron chi connectivity index (χ2n) is 7.37. The molecular formula is C19H24N6O2S. The highest BCUT2D eigenvalue weighted by Gasteiger charge is 2.30. The van der Waals surface area contributed by atoms with Gasteiger partial charge in [-0.3, -0.25) is 9.59 Å². The van der Waals surface area contributed by atoms with Gasteiger partial charge in [0.05, 0.1) is 23.2 Å². The van der Waals surface area contributed by atoms with E-state index in [4.69, 9.17) is 0 Å². The maximum atomic E-state index is 13.1. The van der Waals surface area contributed by atoms with Crippen LogP contribution < -0.4 is 10.2 Å². The van der Waals surface area contributed by atoms with Crippen LogP contribution >= 0.6 is 11.8 Å². The van der Waals surface area contributed by atoms with Gasteiger partial charge < -0.3 is 10.2 Å². The molecule has 4 rings (SSSR count). The predicted octanol–water partition coefficient (Wildman–Crippen LogP) is 3.03. The van der Waals surface area contributed by atoms with Crippen molar-refractivity contribution in [3.8, 4) is 0 Å². The number of hydrogen-bond donors (Lipinski definition) is 1. The maximum Gasteiger partial charge on any atom is 0.237 e. The molecule has 8 nitrogen and oxygen atoms in total. The summed E-state index contributed by atoms with van der Waals surface area (Å²) in [5.74, 6) is 0.0868. The van der Waals surface area contributed by atoms with Crippen molar-refractivity contribution in [1.29, 1.82) is 0 Å². The molecule has 1 aromatic carbocycles. The molecule has 2 aliphatic rings. The molecule has 9 heteroatoms. The fourth-order valence-electron chi connectivity index (χ4n) is 4.00. The first-order valence-corrected chi connectivity index (χ1v) is 10.7. The van der Waals surface area contributed by atoms with Crippen LogP contribution in [0.5, 0.6) is 0 Å². The Morgan fingerprint density at radius 3 is 2.86 bits per heavy atom. The number of hydrogen-bond acceptors (Lipinski definition) is 6. The minimum atomic E-state index is -0.217. The van der Waals surface area contributed by atoms with Crippen LogP contribution in [0.15, 0.2) is 29.4 Å². The standard InChI is InChI=1S/C19H24N6O2S/c1-13-11-17(26)20-15-9-5-6-10-16(15)24(13)18(27)12-28-19-21-22-23-25(19)14-7-3-2-4-8-14/h5-6,9-10,13-14H,2-4,7-8,11-12H2,1H3,(H,20,26)/t13-/m1/s1. The number of amides is 2. The Hall–Kier alpha value is -2.42. The van der Waals surface area contributed by atoms with Gasteiger partial charge in [0.15, 0.2) is 0 Å². The molecule has 148 valence electrons. The van der Waals surface area contributed by atoms with Crippen LogP contribution in [-0.4, -0.2) is 43.8 Å². The summed E-state index contributed by atoms with van der Waals surface area (Å²) in [7, 11) is 0. The summed E-state index contributed by atoms with van der Waals surface area (Å²) in [6.45, 7) is 1.90. The van der Waals surface area contributed by atoms with Crippen molar-refractivity contribution in [2.24, 2.45) is 0 Å². The molecule has 0 unspecified atom stereocenters. The van der Waals surface area contributed by atoms with Crippen LogP contribution in [0.25, 0.3) is 0 Å². The second kappa shape index (κ2) is 8.30. The fraction of sp³-hybridized carbons (Fsp3) is 0.526. The van der Waals surface area contributed by atoms with Gasteiger partial charge in [-0.1, -0.05) is 43.2 Å². The van der Waals surface area contributed by atoms with Crippen LogP contribution in [0.1, 0.15) is 51.5 Å². The lowest BCUT2D eigenvalue weighted by Gasteiger charge is -2.27. The van der Waals surface area contributed by atoms with E-state index in [1.807, 2.05) is 35.9 Å². The summed E-state index contributed by atoms with van der Waals surface area (Å²) < 4.78 is 1.88. The average Bonchev–Trinajstić information content (AvgIpc) is 3.12. The number of carbonyl (C=O) groups excluding carboxylic acids is 2. The topological polar surface area (TPSA) is 93.0 Å². The van der Waals surface area contributed by atoms with Crippen molar-refractivity contribution in [2.45, 2.75) is 62.7 Å². The lowest BCUT2D eigenvalue weighted by Crippen LogP contribution is -2.40. The lowest BCUT2D eigenvalue weighted by atomic mass is 9.96. The molecule has 0 spiro atoms. The lowest BCUT2D eigenvalue weighted by molar-refractivity contribution is -0.117. The van der Waals surface area contributed by atoms with Crippen LogP contribution in [0.3, 0.4) is 0 Å². The smallest absolute Gasteiger partial charge is 0.237 e. The number of tetrazole rings is 1. The molecule has 2 heterocycles. The number of benzene rings is 1. The SMILES string of the molecule is C[C@@H]1CC(=O)Nc2ccccc2N1C(=O)CSc1nnnn1C1CCCCC1. The zero-order valence-corrected chi connectivity index (χ0v) is 16.7. The van der Waals surface area contributed by atoms with E-state index < -0.39 is 0 Å². The first-order valence-electron chi connectivity index (χ1n) is 9.75. The third-order valence-electron chi connectivity index (χ3n) is 5.34. The van der Waals surface area contributed by atoms with Gasteiger partial charge in [0.1, 0.15) is 0 Å². The van der Waals surface area contributed by atoms with E-state index in [2.05, 4.69) is 20.8 Å². The molecule has 28 heavy (non-hydrogen) atoms. The minimum absolute atomic E-state index is 0.0559. The Morgan fingerprint density at radius 1 is 1.25 bits per heavy atom. The molecule has 1 aromatic heterocycles. The normalized spacial score (nSPS) is 20.4. The number of nitrogens with one attached hydrogen (secondary N) is 1. The molecule has 2 amide bonds. The van der Waals surface area contributed by atoms with Gasteiger partial charge in [-0.25, -0.2) is 4.68 Å². The quantitative estimate of drug-likeness (QED) is 0.793. The highest BCUT2D eigenvalue weighted by Crippen LogP contribution is 2.33. The predicted molar refractivity (Wildman–Crippen MR) is 107 cm³/mol. The van der Waals surface area contributed by atoms with Crippen LogP contribution in [0.4, 0.5) is 11.4 Å². The van der Waals surface area contributed by atoms with Crippen molar-refractivity contribution in [2.75, 3.05) is 16.0 Å². The number of aromatic nitrogens is 4.